The highest BCUT2D eigenvalue weighted by Gasteiger charge is 2.67. The fourth-order valence-electron chi connectivity index (χ4n) is 9.25. The second-order valence-corrected chi connectivity index (χ2v) is 13.8. The maximum absolute atomic E-state index is 12.9. The molecule has 0 unspecified atom stereocenters. The summed E-state index contributed by atoms with van der Waals surface area (Å²) in [4.78, 5) is 25.7. The molecule has 0 saturated heterocycles. The van der Waals surface area contributed by atoms with Crippen LogP contribution in [-0.4, -0.2) is 40.8 Å². The third kappa shape index (κ3) is 2.95. The van der Waals surface area contributed by atoms with E-state index < -0.39 is 17.1 Å². The molecule has 0 bridgehead atoms. The van der Waals surface area contributed by atoms with Crippen LogP contribution >= 0.6 is 0 Å². The minimum Gasteiger partial charge on any atom is -0.382 e. The number of hydroxylamine groups is 1. The summed E-state index contributed by atoms with van der Waals surface area (Å²) in [7, 11) is 1.56. The second-order valence-electron chi connectivity index (χ2n) is 13.8. The summed E-state index contributed by atoms with van der Waals surface area (Å²) >= 11 is 0. The molecule has 5 aliphatic rings. The molecule has 36 heavy (non-hydrogen) atoms. The van der Waals surface area contributed by atoms with Crippen molar-refractivity contribution in [1.82, 2.24) is 5.48 Å². The molecule has 5 aliphatic carbocycles. The molecule has 0 aromatic rings. The number of aliphatic hydroxyl groups is 1. The van der Waals surface area contributed by atoms with E-state index in [4.69, 9.17) is 4.74 Å². The average Bonchev–Trinajstić information content (AvgIpc) is 2.85. The number of carbonyl (C=O) groups is 2. The van der Waals surface area contributed by atoms with Gasteiger partial charge in [0.25, 0.3) is 0 Å². The smallest absolute Gasteiger partial charge is 0.249 e. The van der Waals surface area contributed by atoms with Crippen LogP contribution in [0.4, 0.5) is 0 Å². The fraction of sp³-hybridized carbons (Fsp3) is 0.733. The quantitative estimate of drug-likeness (QED) is 0.366. The van der Waals surface area contributed by atoms with Crippen molar-refractivity contribution >= 4 is 11.7 Å². The Hall–Kier alpha value is -1.76. The van der Waals surface area contributed by atoms with E-state index in [2.05, 4.69) is 39.8 Å². The molecular formula is C30H43NO5. The number of ether oxygens (including phenoxy) is 1. The zero-order valence-corrected chi connectivity index (χ0v) is 23.0. The monoisotopic (exact) mass is 497 g/mol. The van der Waals surface area contributed by atoms with Crippen molar-refractivity contribution in [2.75, 3.05) is 7.11 Å². The predicted molar refractivity (Wildman–Crippen MR) is 137 cm³/mol. The highest BCUT2D eigenvalue weighted by Crippen LogP contribution is 2.75. The van der Waals surface area contributed by atoms with Crippen LogP contribution in [0.25, 0.3) is 0 Å². The van der Waals surface area contributed by atoms with Gasteiger partial charge in [0.15, 0.2) is 5.78 Å². The van der Waals surface area contributed by atoms with Gasteiger partial charge in [-0.2, -0.15) is 0 Å². The first-order chi connectivity index (χ1) is 16.7. The Morgan fingerprint density at radius 3 is 2.28 bits per heavy atom. The number of aliphatic hydroxyl groups excluding tert-OH is 1. The van der Waals surface area contributed by atoms with Gasteiger partial charge < -0.3 is 9.84 Å². The minimum absolute atomic E-state index is 0.0303. The molecule has 3 N–H and O–H groups in total. The van der Waals surface area contributed by atoms with E-state index in [0.29, 0.717) is 5.92 Å². The van der Waals surface area contributed by atoms with E-state index in [0.717, 1.165) is 56.1 Å². The maximum atomic E-state index is 12.9. The molecule has 5 rings (SSSR count). The van der Waals surface area contributed by atoms with E-state index in [9.17, 15) is 19.9 Å². The average molecular weight is 498 g/mol. The van der Waals surface area contributed by atoms with Crippen molar-refractivity contribution in [3.05, 3.63) is 34.9 Å². The lowest BCUT2D eigenvalue weighted by Crippen LogP contribution is -2.63. The summed E-state index contributed by atoms with van der Waals surface area (Å²) in [5.41, 5.74) is 3.26. The Balaban J connectivity index is 1.64. The second kappa shape index (κ2) is 7.64. The topological polar surface area (TPSA) is 95.9 Å². The molecule has 0 aliphatic heterocycles. The van der Waals surface area contributed by atoms with Crippen LogP contribution in [0.15, 0.2) is 34.9 Å². The number of ketones is 1. The van der Waals surface area contributed by atoms with Crippen LogP contribution in [0, 0.1) is 33.0 Å². The van der Waals surface area contributed by atoms with Crippen molar-refractivity contribution in [1.29, 1.82) is 0 Å². The Bertz CT molecular complexity index is 1120. The van der Waals surface area contributed by atoms with Crippen LogP contribution in [-0.2, 0) is 14.3 Å². The number of methoxy groups -OCH3 is 1. The van der Waals surface area contributed by atoms with Crippen molar-refractivity contribution < 1.29 is 24.6 Å². The maximum Gasteiger partial charge on any atom is 0.249 e. The Kier molecular flexibility index (Phi) is 5.49. The van der Waals surface area contributed by atoms with Gasteiger partial charge in [-0.3, -0.25) is 14.8 Å². The third-order valence-corrected chi connectivity index (χ3v) is 12.3. The van der Waals surface area contributed by atoms with E-state index in [1.54, 1.807) is 13.2 Å². The molecule has 0 aromatic heterocycles. The van der Waals surface area contributed by atoms with Gasteiger partial charge >= 0.3 is 0 Å². The van der Waals surface area contributed by atoms with Gasteiger partial charge in [-0.1, -0.05) is 52.3 Å². The molecule has 0 heterocycles. The number of hydrogen-bond donors (Lipinski definition) is 3. The Morgan fingerprint density at radius 2 is 1.64 bits per heavy atom. The lowest BCUT2D eigenvalue weighted by atomic mass is 9.34. The van der Waals surface area contributed by atoms with E-state index in [1.165, 1.54) is 5.57 Å². The van der Waals surface area contributed by atoms with Gasteiger partial charge in [0.1, 0.15) is 11.7 Å². The molecule has 8 atom stereocenters. The molecule has 6 heteroatoms. The largest absolute Gasteiger partial charge is 0.382 e. The lowest BCUT2D eigenvalue weighted by molar-refractivity contribution is -0.173. The molecule has 0 aromatic carbocycles. The highest BCUT2D eigenvalue weighted by molar-refractivity contribution is 5.99. The van der Waals surface area contributed by atoms with Crippen LogP contribution in [0.2, 0.25) is 0 Å². The fourth-order valence-corrected chi connectivity index (χ4v) is 9.25. The number of nitrogens with one attached hydrogen (secondary N) is 1. The van der Waals surface area contributed by atoms with Gasteiger partial charge in [-0.15, -0.1) is 0 Å². The van der Waals surface area contributed by atoms with Gasteiger partial charge in [0, 0.05) is 17.9 Å². The third-order valence-electron chi connectivity index (χ3n) is 12.3. The minimum atomic E-state index is -1.21. The zero-order valence-electron chi connectivity index (χ0n) is 23.0. The molecule has 3 fully saturated rings. The number of fused-ring (bicyclic) bond motifs is 7. The zero-order chi connectivity index (χ0) is 26.5. The van der Waals surface area contributed by atoms with Crippen LogP contribution in [0.1, 0.15) is 86.5 Å². The summed E-state index contributed by atoms with van der Waals surface area (Å²) in [6, 6.07) is 0. The number of amides is 1. The first-order valence-electron chi connectivity index (χ1n) is 13.5. The lowest BCUT2D eigenvalue weighted by Gasteiger charge is -2.70. The summed E-state index contributed by atoms with van der Waals surface area (Å²) in [5.74, 6) is -0.223. The molecule has 1 amide bonds. The summed E-state index contributed by atoms with van der Waals surface area (Å²) in [6.45, 7) is 13.3. The Labute approximate surface area is 215 Å². The SMILES string of the molecule is CO[C@@]1(C)C2=CC=C3[C@@](C)(CC[C@@]4(C)[C@@H]5C[C@](C)(C(=O)NO)CC[C@]5(C)CC[C@]34C)C2=CC(=O)[C@@H]1O. The Morgan fingerprint density at radius 1 is 0.972 bits per heavy atom. The summed E-state index contributed by atoms with van der Waals surface area (Å²) in [6.07, 6.45) is 11.4. The van der Waals surface area contributed by atoms with Gasteiger partial charge in [-0.25, -0.2) is 5.48 Å². The van der Waals surface area contributed by atoms with Crippen molar-refractivity contribution in [3.63, 3.8) is 0 Å². The van der Waals surface area contributed by atoms with E-state index in [1.807, 2.05) is 19.3 Å². The standard InChI is InChI=1S/C30H43NO5/c1-25-10-11-26(2,24(34)31-35)17-22(25)29(5)15-13-27(3)19-16-20(32)23(33)30(6,36-7)18(19)8-9-21(27)28(29,4)14-12-25/h8-9,16,22-23,33,35H,10-15,17H2,1-7H3,(H,31,34)/t22-,23+,25-,26-,27+,28-,29+,30+/m1/s1. The number of hydrogen-bond acceptors (Lipinski definition) is 5. The van der Waals surface area contributed by atoms with E-state index in [-0.39, 0.29) is 33.4 Å². The molecule has 0 spiro atoms. The number of carbonyl (C=O) groups excluding carboxylic acids is 2. The molecule has 3 saturated carbocycles. The normalized spacial score (nSPS) is 49.9. The molecule has 0 radical (unpaired) electrons. The highest BCUT2D eigenvalue weighted by atomic mass is 16.5. The molecule has 198 valence electrons. The van der Waals surface area contributed by atoms with E-state index >= 15 is 0 Å². The summed E-state index contributed by atoms with van der Waals surface area (Å²) < 4.78 is 5.78. The van der Waals surface area contributed by atoms with Crippen LogP contribution in [0.3, 0.4) is 0 Å². The number of rotatable bonds is 2. The van der Waals surface area contributed by atoms with Gasteiger partial charge in [-0.05, 0) is 91.3 Å². The van der Waals surface area contributed by atoms with Crippen molar-refractivity contribution in [2.45, 2.75) is 98.2 Å². The number of allylic oxidation sites excluding steroid dienone is 3. The predicted octanol–water partition coefficient (Wildman–Crippen LogP) is 5.05. The molecule has 6 nitrogen and oxygen atoms in total. The van der Waals surface area contributed by atoms with Crippen molar-refractivity contribution in [3.8, 4) is 0 Å². The van der Waals surface area contributed by atoms with Gasteiger partial charge in [0.05, 0.1) is 0 Å². The first kappa shape index (κ1) is 25.9. The van der Waals surface area contributed by atoms with Crippen molar-refractivity contribution in [2.24, 2.45) is 33.0 Å². The van der Waals surface area contributed by atoms with Crippen LogP contribution < -0.4 is 5.48 Å². The van der Waals surface area contributed by atoms with Crippen LogP contribution in [0.5, 0.6) is 0 Å². The first-order valence-corrected chi connectivity index (χ1v) is 13.5. The molecular weight excluding hydrogens is 454 g/mol. The summed E-state index contributed by atoms with van der Waals surface area (Å²) in [5, 5.41) is 20.2. The van der Waals surface area contributed by atoms with Gasteiger partial charge in [0.2, 0.25) is 5.91 Å².